The molecule has 0 saturated carbocycles. The van der Waals surface area contributed by atoms with Gasteiger partial charge >= 0.3 is 0 Å². The van der Waals surface area contributed by atoms with Gasteiger partial charge in [0, 0.05) is 11.6 Å². The highest BCUT2D eigenvalue weighted by molar-refractivity contribution is 5.78. The maximum Gasteiger partial charge on any atom is 0.164 e. The first-order valence-electron chi connectivity index (χ1n) is 8.27. The van der Waals surface area contributed by atoms with Crippen LogP contribution in [0.5, 0.6) is 0 Å². The molecule has 3 aromatic rings. The van der Waals surface area contributed by atoms with Crippen LogP contribution in [0.2, 0.25) is 0 Å². The van der Waals surface area contributed by atoms with Crippen molar-refractivity contribution >= 4 is 11.0 Å². The Kier molecular flexibility index (Phi) is 4.37. The van der Waals surface area contributed by atoms with Crippen LogP contribution in [0.4, 0.5) is 13.2 Å². The third-order valence-corrected chi connectivity index (χ3v) is 4.81. The number of rotatable bonds is 3. The van der Waals surface area contributed by atoms with E-state index in [1.807, 2.05) is 0 Å². The molecule has 0 aliphatic carbocycles. The molecule has 4 rings (SSSR count). The van der Waals surface area contributed by atoms with Crippen molar-refractivity contribution in [1.82, 2.24) is 14.5 Å². The van der Waals surface area contributed by atoms with Crippen LogP contribution in [0.15, 0.2) is 36.8 Å². The van der Waals surface area contributed by atoms with Gasteiger partial charge in [0.2, 0.25) is 0 Å². The molecule has 1 aliphatic heterocycles. The van der Waals surface area contributed by atoms with E-state index >= 15 is 0 Å². The van der Waals surface area contributed by atoms with E-state index in [2.05, 4.69) is 9.97 Å². The molecule has 0 radical (unpaired) electrons. The molecule has 1 fully saturated rings. The van der Waals surface area contributed by atoms with Crippen molar-refractivity contribution in [1.29, 1.82) is 0 Å². The van der Waals surface area contributed by atoms with Crippen LogP contribution >= 0.6 is 0 Å². The van der Waals surface area contributed by atoms with Crippen molar-refractivity contribution < 1.29 is 28.1 Å². The summed E-state index contributed by atoms with van der Waals surface area (Å²) in [5.41, 5.74) is 0.984. The number of aryl methyl sites for hydroxylation is 1. The van der Waals surface area contributed by atoms with E-state index in [0.717, 1.165) is 17.5 Å². The van der Waals surface area contributed by atoms with E-state index in [0.29, 0.717) is 17.4 Å². The topological polar surface area (TPSA) is 80.4 Å². The van der Waals surface area contributed by atoms with Gasteiger partial charge in [-0.15, -0.1) is 0 Å². The van der Waals surface area contributed by atoms with Crippen LogP contribution in [-0.4, -0.2) is 43.1 Å². The number of aliphatic hydroxyl groups excluding tert-OH is 2. The maximum atomic E-state index is 14.8. The number of alkyl halides is 1. The van der Waals surface area contributed by atoms with Crippen molar-refractivity contribution in [3.8, 4) is 0 Å². The standard InChI is InChI=1S/C18H16F3N3O3/c1-8-10-4-5-24(17(10)23-7-22-8)18-15(26)14(25)16(27-18)13(21)9-2-3-11(19)12(20)6-9/h2-7,13-16,18,25-26H,1H3/t13-,14+,15-,16-,18-/m1/s1. The van der Waals surface area contributed by atoms with Crippen molar-refractivity contribution in [3.63, 3.8) is 0 Å². The molecule has 0 spiro atoms. The van der Waals surface area contributed by atoms with Crippen molar-refractivity contribution in [2.75, 3.05) is 0 Å². The SMILES string of the molecule is Cc1ncnc2c1ccn2[C@@H]1O[C@H]([C@H](F)c2ccc(F)c(F)c2)[C@@H](O)[C@H]1O. The molecule has 27 heavy (non-hydrogen) atoms. The van der Waals surface area contributed by atoms with Gasteiger partial charge in [-0.3, -0.25) is 0 Å². The summed E-state index contributed by atoms with van der Waals surface area (Å²) in [6.07, 6.45) is -4.59. The molecule has 3 heterocycles. The summed E-state index contributed by atoms with van der Waals surface area (Å²) in [6, 6.07) is 4.30. The van der Waals surface area contributed by atoms with Gasteiger partial charge in [-0.2, -0.15) is 0 Å². The third kappa shape index (κ3) is 2.88. The maximum absolute atomic E-state index is 14.8. The van der Waals surface area contributed by atoms with Gasteiger partial charge in [-0.1, -0.05) is 6.07 Å². The predicted molar refractivity (Wildman–Crippen MR) is 88.4 cm³/mol. The number of hydrogen-bond acceptors (Lipinski definition) is 5. The molecular weight excluding hydrogens is 363 g/mol. The Hall–Kier alpha value is -2.49. The molecule has 5 atom stereocenters. The smallest absolute Gasteiger partial charge is 0.164 e. The quantitative estimate of drug-likeness (QED) is 0.730. The minimum atomic E-state index is -1.96. The minimum Gasteiger partial charge on any atom is -0.387 e. The molecule has 0 unspecified atom stereocenters. The monoisotopic (exact) mass is 379 g/mol. The van der Waals surface area contributed by atoms with E-state index in [1.165, 1.54) is 10.9 Å². The zero-order valence-electron chi connectivity index (χ0n) is 14.1. The Morgan fingerprint density at radius 3 is 2.63 bits per heavy atom. The number of halogens is 3. The summed E-state index contributed by atoms with van der Waals surface area (Å²) in [4.78, 5) is 8.23. The van der Waals surface area contributed by atoms with Crippen LogP contribution in [-0.2, 0) is 4.74 Å². The first-order valence-corrected chi connectivity index (χ1v) is 8.27. The number of fused-ring (bicyclic) bond motifs is 1. The fourth-order valence-electron chi connectivity index (χ4n) is 3.33. The summed E-state index contributed by atoms with van der Waals surface area (Å²) in [7, 11) is 0. The molecular formula is C18H16F3N3O3. The number of nitrogens with zero attached hydrogens (tertiary/aromatic N) is 3. The number of benzene rings is 1. The van der Waals surface area contributed by atoms with Gasteiger partial charge in [0.05, 0.1) is 5.69 Å². The number of aromatic nitrogens is 3. The normalized spacial score (nSPS) is 26.6. The van der Waals surface area contributed by atoms with Gasteiger partial charge < -0.3 is 19.5 Å². The highest BCUT2D eigenvalue weighted by Crippen LogP contribution is 2.39. The van der Waals surface area contributed by atoms with Gasteiger partial charge in [-0.25, -0.2) is 23.1 Å². The second kappa shape index (κ2) is 6.59. The second-order valence-corrected chi connectivity index (χ2v) is 6.47. The van der Waals surface area contributed by atoms with Gasteiger partial charge in [-0.05, 0) is 30.7 Å². The Bertz CT molecular complexity index is 996. The zero-order valence-corrected chi connectivity index (χ0v) is 14.1. The lowest BCUT2D eigenvalue weighted by atomic mass is 10.00. The van der Waals surface area contributed by atoms with E-state index < -0.39 is 42.3 Å². The van der Waals surface area contributed by atoms with Crippen molar-refractivity contribution in [3.05, 3.63) is 59.7 Å². The number of hydrogen-bond donors (Lipinski definition) is 2. The summed E-state index contributed by atoms with van der Waals surface area (Å²) in [5.74, 6) is -2.31. The van der Waals surface area contributed by atoms with Gasteiger partial charge in [0.25, 0.3) is 0 Å². The van der Waals surface area contributed by atoms with Gasteiger partial charge in [0.15, 0.2) is 24.0 Å². The van der Waals surface area contributed by atoms with Crippen LogP contribution in [0.25, 0.3) is 11.0 Å². The van der Waals surface area contributed by atoms with Crippen LogP contribution in [0.1, 0.15) is 23.7 Å². The summed E-state index contributed by atoms with van der Waals surface area (Å²) in [6.45, 7) is 1.79. The Morgan fingerprint density at radius 2 is 1.89 bits per heavy atom. The lowest BCUT2D eigenvalue weighted by molar-refractivity contribution is -0.0626. The summed E-state index contributed by atoms with van der Waals surface area (Å²) < 4.78 is 48.4. The van der Waals surface area contributed by atoms with Crippen LogP contribution in [0.3, 0.4) is 0 Å². The van der Waals surface area contributed by atoms with E-state index in [1.54, 1.807) is 19.2 Å². The largest absolute Gasteiger partial charge is 0.387 e. The average molecular weight is 379 g/mol. The van der Waals surface area contributed by atoms with Crippen LogP contribution in [0, 0.1) is 18.6 Å². The lowest BCUT2D eigenvalue weighted by Crippen LogP contribution is -2.33. The second-order valence-electron chi connectivity index (χ2n) is 6.47. The molecule has 142 valence electrons. The van der Waals surface area contributed by atoms with E-state index in [9.17, 15) is 23.4 Å². The lowest BCUT2D eigenvalue weighted by Gasteiger charge is -2.19. The third-order valence-electron chi connectivity index (χ3n) is 4.81. The number of ether oxygens (including phenoxy) is 1. The molecule has 0 bridgehead atoms. The van der Waals surface area contributed by atoms with Crippen molar-refractivity contribution in [2.24, 2.45) is 0 Å². The highest BCUT2D eigenvalue weighted by atomic mass is 19.2. The first kappa shape index (κ1) is 17.9. The van der Waals surface area contributed by atoms with E-state index in [-0.39, 0.29) is 5.56 Å². The minimum absolute atomic E-state index is 0.193. The molecule has 0 amide bonds. The molecule has 1 saturated heterocycles. The Morgan fingerprint density at radius 1 is 1.11 bits per heavy atom. The molecule has 2 aromatic heterocycles. The first-order chi connectivity index (χ1) is 12.9. The van der Waals surface area contributed by atoms with Gasteiger partial charge in [0.1, 0.15) is 30.3 Å². The molecule has 9 heteroatoms. The average Bonchev–Trinajstić information content (AvgIpc) is 3.20. The fraction of sp³-hybridized carbons (Fsp3) is 0.333. The van der Waals surface area contributed by atoms with E-state index in [4.69, 9.17) is 4.74 Å². The fourth-order valence-corrected chi connectivity index (χ4v) is 3.33. The molecule has 1 aliphatic rings. The molecule has 6 nitrogen and oxygen atoms in total. The summed E-state index contributed by atoms with van der Waals surface area (Å²) >= 11 is 0. The van der Waals surface area contributed by atoms with Crippen molar-refractivity contribution in [2.45, 2.75) is 37.6 Å². The highest BCUT2D eigenvalue weighted by Gasteiger charge is 2.48. The van der Waals surface area contributed by atoms with Crippen LogP contribution < -0.4 is 0 Å². The molecule has 1 aromatic carbocycles. The number of aliphatic hydroxyl groups is 2. The zero-order chi connectivity index (χ0) is 19.3. The Balaban J connectivity index is 1.66. The Labute approximate surface area is 151 Å². The predicted octanol–water partition coefficient (Wildman–Crippen LogP) is 2.35. The summed E-state index contributed by atoms with van der Waals surface area (Å²) in [5, 5.41) is 21.4. The molecule has 2 N–H and O–H groups in total.